The van der Waals surface area contributed by atoms with E-state index in [1.54, 1.807) is 0 Å². The Morgan fingerprint density at radius 2 is 1.14 bits per heavy atom. The van der Waals surface area contributed by atoms with Gasteiger partial charge >= 0.3 is 0 Å². The van der Waals surface area contributed by atoms with Crippen molar-refractivity contribution in [2.75, 3.05) is 0 Å². The van der Waals surface area contributed by atoms with E-state index >= 15 is 0 Å². The summed E-state index contributed by atoms with van der Waals surface area (Å²) in [6.07, 6.45) is 20.8. The van der Waals surface area contributed by atoms with Crippen LogP contribution in [0.5, 0.6) is 0 Å². The van der Waals surface area contributed by atoms with Crippen LogP contribution in [0.15, 0.2) is 12.2 Å². The number of carbonyl (C=O) groups excluding carboxylic acids is 1. The second-order valence-corrected chi connectivity index (χ2v) is 5.37. The number of hydrogen-bond acceptors (Lipinski definition) is 2. The van der Waals surface area contributed by atoms with Crippen molar-refractivity contribution in [2.24, 2.45) is 0 Å². The third kappa shape index (κ3) is 32.4. The van der Waals surface area contributed by atoms with E-state index in [9.17, 15) is 4.79 Å². The van der Waals surface area contributed by atoms with E-state index in [2.05, 4.69) is 19.1 Å². The summed E-state index contributed by atoms with van der Waals surface area (Å²) in [6, 6.07) is 0. The lowest BCUT2D eigenvalue weighted by molar-refractivity contribution is -0.134. The molecule has 21 heavy (non-hydrogen) atoms. The lowest BCUT2D eigenvalue weighted by Gasteiger charge is -2.01. The zero-order valence-corrected chi connectivity index (χ0v) is 14.0. The highest BCUT2D eigenvalue weighted by Gasteiger charge is 1.92. The maximum absolute atomic E-state index is 10.1. The first-order valence-corrected chi connectivity index (χ1v) is 8.39. The summed E-state index contributed by atoms with van der Waals surface area (Å²) in [6.45, 7) is 3.18. The molecule has 0 aromatic carbocycles. The van der Waals surface area contributed by atoms with Gasteiger partial charge < -0.3 is 9.90 Å². The average molecular weight is 298 g/mol. The highest BCUT2D eigenvalue weighted by atomic mass is 16.4. The van der Waals surface area contributed by atoms with Crippen LogP contribution < -0.4 is 0 Å². The molecule has 124 valence electrons. The third-order valence-corrected chi connectivity index (χ3v) is 3.18. The van der Waals surface area contributed by atoms with Gasteiger partial charge in [0, 0.05) is 13.3 Å². The predicted molar refractivity (Wildman–Crippen MR) is 89.6 cm³/mol. The first-order valence-electron chi connectivity index (χ1n) is 8.39. The van der Waals surface area contributed by atoms with Crippen LogP contribution in [0.1, 0.15) is 90.9 Å². The molecule has 0 bridgehead atoms. The molecule has 0 saturated carbocycles. The third-order valence-electron chi connectivity index (χ3n) is 3.18. The molecule has 0 radical (unpaired) electrons. The topological polar surface area (TPSA) is 54.4 Å². The molecule has 3 nitrogen and oxygen atoms in total. The van der Waals surface area contributed by atoms with Gasteiger partial charge in [-0.25, -0.2) is 0 Å². The largest absolute Gasteiger partial charge is 0.481 e. The van der Waals surface area contributed by atoms with Crippen molar-refractivity contribution in [1.29, 1.82) is 0 Å². The van der Waals surface area contributed by atoms with Gasteiger partial charge in [-0.15, -0.1) is 0 Å². The monoisotopic (exact) mass is 298 g/mol. The molecule has 0 aliphatic heterocycles. The lowest BCUT2D eigenvalue weighted by Crippen LogP contribution is -1.82. The van der Waals surface area contributed by atoms with Crippen molar-refractivity contribution in [3.8, 4) is 0 Å². The number of aliphatic carboxylic acids is 1. The van der Waals surface area contributed by atoms with Crippen LogP contribution >= 0.6 is 0 Å². The minimum atomic E-state index is -0.833. The Labute approximate surface area is 130 Å². The first-order chi connectivity index (χ1) is 10.1. The molecular weight excluding hydrogens is 264 g/mol. The molecule has 0 atom stereocenters. The second kappa shape index (κ2) is 21.2. The van der Waals surface area contributed by atoms with Crippen molar-refractivity contribution < 1.29 is 14.7 Å². The van der Waals surface area contributed by atoms with Gasteiger partial charge in [-0.05, 0) is 26.2 Å². The SMILES string of the molecule is C/C=C/CCCCCCCCCCCCC=O.CC(=O)O. The Balaban J connectivity index is 0. The number of unbranched alkanes of at least 4 members (excludes halogenated alkanes) is 11. The van der Waals surface area contributed by atoms with Crippen molar-refractivity contribution in [3.63, 3.8) is 0 Å². The zero-order chi connectivity index (χ0) is 16.2. The highest BCUT2D eigenvalue weighted by molar-refractivity contribution is 5.62. The molecule has 3 heteroatoms. The number of aldehydes is 1. The molecule has 0 aliphatic rings. The van der Waals surface area contributed by atoms with Gasteiger partial charge in [0.1, 0.15) is 6.29 Å². The summed E-state index contributed by atoms with van der Waals surface area (Å²) < 4.78 is 0. The maximum Gasteiger partial charge on any atom is 0.300 e. The predicted octanol–water partition coefficient (Wildman–Crippen LogP) is 5.53. The average Bonchev–Trinajstić information content (AvgIpc) is 2.43. The summed E-state index contributed by atoms with van der Waals surface area (Å²) >= 11 is 0. The number of rotatable bonds is 13. The molecule has 0 unspecified atom stereocenters. The van der Waals surface area contributed by atoms with E-state index in [-0.39, 0.29) is 0 Å². The fourth-order valence-corrected chi connectivity index (χ4v) is 2.07. The molecule has 0 spiro atoms. The minimum absolute atomic E-state index is 0.756. The molecule has 0 saturated heterocycles. The van der Waals surface area contributed by atoms with E-state index in [1.165, 1.54) is 64.2 Å². The van der Waals surface area contributed by atoms with Crippen LogP contribution in [0.3, 0.4) is 0 Å². The summed E-state index contributed by atoms with van der Waals surface area (Å²) in [7, 11) is 0. The molecular formula is C18H34O3. The Kier molecular flexibility index (Phi) is 22.4. The number of allylic oxidation sites excluding steroid dienone is 2. The summed E-state index contributed by atoms with van der Waals surface area (Å²) in [5, 5.41) is 7.42. The van der Waals surface area contributed by atoms with Gasteiger partial charge in [-0.1, -0.05) is 63.5 Å². The smallest absolute Gasteiger partial charge is 0.300 e. The summed E-state index contributed by atoms with van der Waals surface area (Å²) in [4.78, 5) is 19.1. The van der Waals surface area contributed by atoms with Crippen LogP contribution in [-0.2, 0) is 9.59 Å². The Hall–Kier alpha value is -1.12. The second-order valence-electron chi connectivity index (χ2n) is 5.37. The van der Waals surface area contributed by atoms with E-state index in [0.29, 0.717) is 0 Å². The summed E-state index contributed by atoms with van der Waals surface area (Å²) in [5.74, 6) is -0.833. The van der Waals surface area contributed by atoms with Crippen LogP contribution in [0.4, 0.5) is 0 Å². The number of hydrogen-bond donors (Lipinski definition) is 1. The molecule has 0 aromatic heterocycles. The van der Waals surface area contributed by atoms with Gasteiger partial charge in [0.25, 0.3) is 5.97 Å². The molecule has 0 heterocycles. The molecule has 0 rings (SSSR count). The van der Waals surface area contributed by atoms with Gasteiger partial charge in [0.2, 0.25) is 0 Å². The van der Waals surface area contributed by atoms with Gasteiger partial charge in [-0.3, -0.25) is 4.79 Å². The van der Waals surface area contributed by atoms with Gasteiger partial charge in [0.15, 0.2) is 0 Å². The maximum atomic E-state index is 10.1. The Bertz CT molecular complexity index is 243. The number of carbonyl (C=O) groups is 2. The van der Waals surface area contributed by atoms with E-state index in [0.717, 1.165) is 26.1 Å². The fraction of sp³-hybridized carbons (Fsp3) is 0.778. The number of carboxylic acid groups (broad SMARTS) is 1. The normalized spacial score (nSPS) is 10.2. The molecule has 0 aliphatic carbocycles. The van der Waals surface area contributed by atoms with Gasteiger partial charge in [0.05, 0.1) is 0 Å². The van der Waals surface area contributed by atoms with Crippen LogP contribution in [-0.4, -0.2) is 17.4 Å². The Morgan fingerprint density at radius 3 is 1.48 bits per heavy atom. The minimum Gasteiger partial charge on any atom is -0.481 e. The first kappa shape index (κ1) is 22.2. The molecule has 0 fully saturated rings. The highest BCUT2D eigenvalue weighted by Crippen LogP contribution is 2.11. The van der Waals surface area contributed by atoms with E-state index in [4.69, 9.17) is 9.90 Å². The summed E-state index contributed by atoms with van der Waals surface area (Å²) in [5.41, 5.74) is 0. The van der Waals surface area contributed by atoms with Crippen LogP contribution in [0, 0.1) is 0 Å². The number of carboxylic acids is 1. The quantitative estimate of drug-likeness (QED) is 0.276. The molecule has 0 amide bonds. The van der Waals surface area contributed by atoms with Crippen LogP contribution in [0.2, 0.25) is 0 Å². The van der Waals surface area contributed by atoms with Crippen molar-refractivity contribution >= 4 is 12.3 Å². The fourth-order valence-electron chi connectivity index (χ4n) is 2.07. The van der Waals surface area contributed by atoms with E-state index < -0.39 is 5.97 Å². The van der Waals surface area contributed by atoms with Crippen molar-refractivity contribution in [2.45, 2.75) is 90.9 Å². The molecule has 1 N–H and O–H groups in total. The van der Waals surface area contributed by atoms with Crippen molar-refractivity contribution in [1.82, 2.24) is 0 Å². The zero-order valence-electron chi connectivity index (χ0n) is 14.0. The van der Waals surface area contributed by atoms with Gasteiger partial charge in [-0.2, -0.15) is 0 Å². The molecule has 0 aromatic rings. The standard InChI is InChI=1S/C16H30O.C2H4O2/c1-2-3-4-5-6-7-8-9-10-11-12-13-14-15-16-17;1-2(3)4/h2-3,16H,4-15H2,1H3;1H3,(H,3,4)/b3-2+;. The van der Waals surface area contributed by atoms with E-state index in [1.807, 2.05) is 0 Å². The lowest BCUT2D eigenvalue weighted by atomic mass is 10.1. The van der Waals surface area contributed by atoms with Crippen molar-refractivity contribution in [3.05, 3.63) is 12.2 Å². The Morgan fingerprint density at radius 1 is 0.810 bits per heavy atom. The van der Waals surface area contributed by atoms with Crippen LogP contribution in [0.25, 0.3) is 0 Å².